The summed E-state index contributed by atoms with van der Waals surface area (Å²) in [4.78, 5) is 0. The summed E-state index contributed by atoms with van der Waals surface area (Å²) in [6, 6.07) is 6.85. The molecule has 0 amide bonds. The van der Waals surface area contributed by atoms with Crippen molar-refractivity contribution in [1.82, 2.24) is 10.6 Å². The Morgan fingerprint density at radius 1 is 1.22 bits per heavy atom. The van der Waals surface area contributed by atoms with Gasteiger partial charge in [0, 0.05) is 31.6 Å². The maximum atomic E-state index is 3.62. The molecule has 0 saturated carbocycles. The number of hydrogen-bond acceptors (Lipinski definition) is 2. The molecule has 1 aromatic carbocycles. The molecule has 1 heterocycles. The van der Waals surface area contributed by atoms with Crippen LogP contribution in [0.15, 0.2) is 18.2 Å². The van der Waals surface area contributed by atoms with E-state index in [1.165, 1.54) is 29.8 Å². The SMILES string of the molecule is Cc1ccc(C(C)(C)CNCC2CNC2)cc1C. The molecule has 1 aliphatic rings. The molecule has 0 bridgehead atoms. The standard InChI is InChI=1S/C16H26N2/c1-12-5-6-15(7-13(12)2)16(3,4)11-18-10-14-8-17-9-14/h5-7,14,17-18H,8-11H2,1-4H3. The van der Waals surface area contributed by atoms with Gasteiger partial charge in [-0.25, -0.2) is 0 Å². The van der Waals surface area contributed by atoms with Crippen LogP contribution in [-0.4, -0.2) is 26.2 Å². The normalized spacial score (nSPS) is 16.7. The van der Waals surface area contributed by atoms with Gasteiger partial charge in [-0.3, -0.25) is 0 Å². The fraction of sp³-hybridized carbons (Fsp3) is 0.625. The summed E-state index contributed by atoms with van der Waals surface area (Å²) >= 11 is 0. The first-order valence-electron chi connectivity index (χ1n) is 6.98. The lowest BCUT2D eigenvalue weighted by molar-refractivity contribution is 0.319. The molecule has 0 aromatic heterocycles. The first kappa shape index (κ1) is 13.6. The molecule has 2 rings (SSSR count). The summed E-state index contributed by atoms with van der Waals surface area (Å²) in [5.41, 5.74) is 4.41. The Labute approximate surface area is 111 Å². The minimum absolute atomic E-state index is 0.204. The van der Waals surface area contributed by atoms with Gasteiger partial charge in [-0.1, -0.05) is 32.0 Å². The van der Waals surface area contributed by atoms with Gasteiger partial charge >= 0.3 is 0 Å². The lowest BCUT2D eigenvalue weighted by Crippen LogP contribution is -2.48. The first-order chi connectivity index (χ1) is 8.49. The highest BCUT2D eigenvalue weighted by atomic mass is 15.0. The minimum atomic E-state index is 0.204. The summed E-state index contributed by atoms with van der Waals surface area (Å²) in [5.74, 6) is 0.834. The van der Waals surface area contributed by atoms with E-state index in [1.807, 2.05) is 0 Å². The van der Waals surface area contributed by atoms with Gasteiger partial charge in [0.05, 0.1) is 0 Å². The molecule has 1 aliphatic heterocycles. The fourth-order valence-corrected chi connectivity index (χ4v) is 2.35. The molecule has 1 fully saturated rings. The number of aryl methyl sites for hydroxylation is 2. The molecule has 18 heavy (non-hydrogen) atoms. The number of benzene rings is 1. The zero-order valence-electron chi connectivity index (χ0n) is 12.1. The van der Waals surface area contributed by atoms with E-state index in [0.717, 1.165) is 19.0 Å². The van der Waals surface area contributed by atoms with E-state index in [2.05, 4.69) is 56.5 Å². The van der Waals surface area contributed by atoms with Gasteiger partial charge in [0.2, 0.25) is 0 Å². The highest BCUT2D eigenvalue weighted by Gasteiger charge is 2.22. The van der Waals surface area contributed by atoms with Crippen LogP contribution < -0.4 is 10.6 Å². The Kier molecular flexibility index (Phi) is 4.08. The largest absolute Gasteiger partial charge is 0.316 e. The quantitative estimate of drug-likeness (QED) is 0.833. The highest BCUT2D eigenvalue weighted by Crippen LogP contribution is 2.24. The lowest BCUT2D eigenvalue weighted by atomic mass is 9.83. The van der Waals surface area contributed by atoms with Crippen LogP contribution in [0.4, 0.5) is 0 Å². The molecule has 100 valence electrons. The monoisotopic (exact) mass is 246 g/mol. The predicted molar refractivity (Wildman–Crippen MR) is 78.2 cm³/mol. The Hall–Kier alpha value is -0.860. The Morgan fingerprint density at radius 2 is 1.94 bits per heavy atom. The third kappa shape index (κ3) is 3.12. The van der Waals surface area contributed by atoms with Crippen molar-refractivity contribution in [2.75, 3.05) is 26.2 Å². The lowest BCUT2D eigenvalue weighted by Gasteiger charge is -2.31. The van der Waals surface area contributed by atoms with Gasteiger partial charge < -0.3 is 10.6 Å². The molecule has 2 nitrogen and oxygen atoms in total. The van der Waals surface area contributed by atoms with Crippen molar-refractivity contribution in [3.8, 4) is 0 Å². The molecule has 1 saturated heterocycles. The van der Waals surface area contributed by atoms with Crippen molar-refractivity contribution in [2.45, 2.75) is 33.1 Å². The molecule has 0 unspecified atom stereocenters. The fourth-order valence-electron chi connectivity index (χ4n) is 2.35. The zero-order chi connectivity index (χ0) is 13.2. The van der Waals surface area contributed by atoms with Crippen LogP contribution in [0, 0.1) is 19.8 Å². The van der Waals surface area contributed by atoms with E-state index in [1.54, 1.807) is 0 Å². The Bertz CT molecular complexity index is 406. The van der Waals surface area contributed by atoms with Crippen molar-refractivity contribution in [3.63, 3.8) is 0 Å². The maximum absolute atomic E-state index is 3.62. The summed E-state index contributed by atoms with van der Waals surface area (Å²) in [6.45, 7) is 13.6. The van der Waals surface area contributed by atoms with Crippen molar-refractivity contribution in [3.05, 3.63) is 34.9 Å². The second-order valence-corrected chi connectivity index (χ2v) is 6.34. The number of hydrogen-bond donors (Lipinski definition) is 2. The molecule has 1 aromatic rings. The van der Waals surface area contributed by atoms with Crippen molar-refractivity contribution >= 4 is 0 Å². The van der Waals surface area contributed by atoms with Crippen LogP contribution in [0.1, 0.15) is 30.5 Å². The van der Waals surface area contributed by atoms with Gasteiger partial charge in [-0.15, -0.1) is 0 Å². The van der Waals surface area contributed by atoms with Crippen LogP contribution in [0.5, 0.6) is 0 Å². The second kappa shape index (κ2) is 5.41. The predicted octanol–water partition coefficient (Wildman–Crippen LogP) is 2.39. The number of nitrogens with one attached hydrogen (secondary N) is 2. The molecular formula is C16H26N2. The first-order valence-corrected chi connectivity index (χ1v) is 6.98. The molecule has 0 atom stereocenters. The summed E-state index contributed by atoms with van der Waals surface area (Å²) < 4.78 is 0. The second-order valence-electron chi connectivity index (χ2n) is 6.34. The van der Waals surface area contributed by atoms with Crippen molar-refractivity contribution in [2.24, 2.45) is 5.92 Å². The molecule has 0 radical (unpaired) electrons. The van der Waals surface area contributed by atoms with E-state index < -0.39 is 0 Å². The van der Waals surface area contributed by atoms with E-state index >= 15 is 0 Å². The molecule has 2 N–H and O–H groups in total. The summed E-state index contributed by atoms with van der Waals surface area (Å²) in [7, 11) is 0. The van der Waals surface area contributed by atoms with E-state index in [9.17, 15) is 0 Å². The van der Waals surface area contributed by atoms with Crippen LogP contribution in [-0.2, 0) is 5.41 Å². The average molecular weight is 246 g/mol. The van der Waals surface area contributed by atoms with Crippen LogP contribution in [0.2, 0.25) is 0 Å². The smallest absolute Gasteiger partial charge is 0.00433 e. The van der Waals surface area contributed by atoms with Gasteiger partial charge in [0.25, 0.3) is 0 Å². The van der Waals surface area contributed by atoms with Crippen molar-refractivity contribution < 1.29 is 0 Å². The highest BCUT2D eigenvalue weighted by molar-refractivity contribution is 5.34. The minimum Gasteiger partial charge on any atom is -0.316 e. The van der Waals surface area contributed by atoms with Gasteiger partial charge in [0.1, 0.15) is 0 Å². The van der Waals surface area contributed by atoms with E-state index in [0.29, 0.717) is 0 Å². The van der Waals surface area contributed by atoms with E-state index in [4.69, 9.17) is 0 Å². The van der Waals surface area contributed by atoms with Crippen molar-refractivity contribution in [1.29, 1.82) is 0 Å². The van der Waals surface area contributed by atoms with Crippen LogP contribution >= 0.6 is 0 Å². The Balaban J connectivity index is 1.93. The topological polar surface area (TPSA) is 24.1 Å². The average Bonchev–Trinajstić information content (AvgIpc) is 2.25. The summed E-state index contributed by atoms with van der Waals surface area (Å²) in [6.07, 6.45) is 0. The third-order valence-electron chi connectivity index (χ3n) is 4.15. The van der Waals surface area contributed by atoms with Crippen LogP contribution in [0.25, 0.3) is 0 Å². The van der Waals surface area contributed by atoms with Gasteiger partial charge in [0.15, 0.2) is 0 Å². The van der Waals surface area contributed by atoms with Crippen LogP contribution in [0.3, 0.4) is 0 Å². The zero-order valence-corrected chi connectivity index (χ0v) is 12.1. The van der Waals surface area contributed by atoms with Gasteiger partial charge in [-0.2, -0.15) is 0 Å². The van der Waals surface area contributed by atoms with E-state index in [-0.39, 0.29) is 5.41 Å². The molecular weight excluding hydrogens is 220 g/mol. The van der Waals surface area contributed by atoms with Gasteiger partial charge in [-0.05, 0) is 36.5 Å². The number of rotatable bonds is 5. The Morgan fingerprint density at radius 3 is 2.50 bits per heavy atom. The third-order valence-corrected chi connectivity index (χ3v) is 4.15. The maximum Gasteiger partial charge on any atom is 0.00433 e. The molecule has 2 heteroatoms. The molecule has 0 aliphatic carbocycles. The molecule has 0 spiro atoms. The summed E-state index contributed by atoms with van der Waals surface area (Å²) in [5, 5.41) is 6.93.